The van der Waals surface area contributed by atoms with Gasteiger partial charge < -0.3 is 10.3 Å². The molecule has 2 rings (SSSR count). The maximum atomic E-state index is 5.53. The zero-order valence-corrected chi connectivity index (χ0v) is 9.72. The molecule has 90 valence electrons. The standard InChI is InChI=1S/C10H19N5O/c1-9-12-10(16-13-9)8-15-6-4-14(3-2-11)5-7-15/h2-8,11H2,1H3. The Morgan fingerprint density at radius 2 is 1.94 bits per heavy atom. The highest BCUT2D eigenvalue weighted by Gasteiger charge is 2.17. The molecule has 0 aliphatic carbocycles. The molecule has 1 aliphatic rings. The van der Waals surface area contributed by atoms with Crippen molar-refractivity contribution in [2.24, 2.45) is 5.73 Å². The highest BCUT2D eigenvalue weighted by Crippen LogP contribution is 2.06. The molecular formula is C10H19N5O. The summed E-state index contributed by atoms with van der Waals surface area (Å²) in [6.07, 6.45) is 0. The third-order valence-corrected chi connectivity index (χ3v) is 2.84. The van der Waals surface area contributed by atoms with E-state index in [0.717, 1.165) is 45.8 Å². The van der Waals surface area contributed by atoms with Gasteiger partial charge in [0.25, 0.3) is 0 Å². The van der Waals surface area contributed by atoms with Gasteiger partial charge in [-0.3, -0.25) is 9.80 Å². The van der Waals surface area contributed by atoms with E-state index in [9.17, 15) is 0 Å². The minimum Gasteiger partial charge on any atom is -0.338 e. The molecule has 0 spiro atoms. The van der Waals surface area contributed by atoms with Crippen LogP contribution in [0.2, 0.25) is 0 Å². The van der Waals surface area contributed by atoms with Crippen molar-refractivity contribution < 1.29 is 4.52 Å². The fourth-order valence-corrected chi connectivity index (χ4v) is 1.95. The van der Waals surface area contributed by atoms with E-state index in [-0.39, 0.29) is 0 Å². The summed E-state index contributed by atoms with van der Waals surface area (Å²) in [7, 11) is 0. The molecule has 0 unspecified atom stereocenters. The summed E-state index contributed by atoms with van der Waals surface area (Å²) in [6.45, 7) is 8.57. The third kappa shape index (κ3) is 3.01. The second-order valence-electron chi connectivity index (χ2n) is 4.14. The summed E-state index contributed by atoms with van der Waals surface area (Å²) in [4.78, 5) is 8.92. The Bertz CT molecular complexity index is 319. The van der Waals surface area contributed by atoms with Crippen molar-refractivity contribution in [3.63, 3.8) is 0 Å². The lowest BCUT2D eigenvalue weighted by Gasteiger charge is -2.33. The second-order valence-corrected chi connectivity index (χ2v) is 4.14. The summed E-state index contributed by atoms with van der Waals surface area (Å²) in [6, 6.07) is 0. The van der Waals surface area contributed by atoms with E-state index in [1.165, 1.54) is 0 Å². The van der Waals surface area contributed by atoms with Crippen LogP contribution in [-0.2, 0) is 6.54 Å². The molecule has 0 aromatic carbocycles. The lowest BCUT2D eigenvalue weighted by atomic mass is 10.3. The van der Waals surface area contributed by atoms with E-state index in [2.05, 4.69) is 19.9 Å². The molecule has 0 bridgehead atoms. The fraction of sp³-hybridized carbons (Fsp3) is 0.800. The number of aryl methyl sites for hydroxylation is 1. The van der Waals surface area contributed by atoms with Gasteiger partial charge in [-0.1, -0.05) is 5.16 Å². The highest BCUT2D eigenvalue weighted by molar-refractivity contribution is 4.84. The summed E-state index contributed by atoms with van der Waals surface area (Å²) in [5.41, 5.74) is 5.53. The van der Waals surface area contributed by atoms with Crippen molar-refractivity contribution >= 4 is 0 Å². The van der Waals surface area contributed by atoms with Gasteiger partial charge in [-0.15, -0.1) is 0 Å². The van der Waals surface area contributed by atoms with Crippen molar-refractivity contribution in [1.82, 2.24) is 19.9 Å². The number of hydrogen-bond acceptors (Lipinski definition) is 6. The Kier molecular flexibility index (Phi) is 3.87. The number of aromatic nitrogens is 2. The summed E-state index contributed by atoms with van der Waals surface area (Å²) < 4.78 is 5.10. The normalized spacial score (nSPS) is 19.1. The van der Waals surface area contributed by atoms with Crippen LogP contribution in [0.15, 0.2) is 4.52 Å². The van der Waals surface area contributed by atoms with Gasteiger partial charge in [-0.05, 0) is 6.92 Å². The zero-order valence-electron chi connectivity index (χ0n) is 9.72. The molecule has 1 aromatic heterocycles. The molecule has 16 heavy (non-hydrogen) atoms. The van der Waals surface area contributed by atoms with Crippen LogP contribution >= 0.6 is 0 Å². The maximum absolute atomic E-state index is 5.53. The average Bonchev–Trinajstić information content (AvgIpc) is 2.67. The predicted octanol–water partition coefficient (Wildman–Crippen LogP) is -0.546. The van der Waals surface area contributed by atoms with Crippen LogP contribution in [-0.4, -0.2) is 59.2 Å². The van der Waals surface area contributed by atoms with Crippen molar-refractivity contribution in [2.45, 2.75) is 13.5 Å². The van der Waals surface area contributed by atoms with E-state index in [1.807, 2.05) is 6.92 Å². The van der Waals surface area contributed by atoms with E-state index < -0.39 is 0 Å². The molecule has 2 N–H and O–H groups in total. The summed E-state index contributed by atoms with van der Waals surface area (Å²) in [5, 5.41) is 3.79. The zero-order chi connectivity index (χ0) is 11.4. The smallest absolute Gasteiger partial charge is 0.240 e. The topological polar surface area (TPSA) is 71.4 Å². The van der Waals surface area contributed by atoms with Crippen molar-refractivity contribution in [1.29, 1.82) is 0 Å². The van der Waals surface area contributed by atoms with Crippen LogP contribution in [0.5, 0.6) is 0 Å². The monoisotopic (exact) mass is 225 g/mol. The van der Waals surface area contributed by atoms with Crippen LogP contribution in [0.3, 0.4) is 0 Å². The van der Waals surface area contributed by atoms with Gasteiger partial charge in [-0.25, -0.2) is 0 Å². The number of hydrogen-bond donors (Lipinski definition) is 1. The predicted molar refractivity (Wildman–Crippen MR) is 59.8 cm³/mol. The molecule has 0 saturated carbocycles. The second kappa shape index (κ2) is 5.38. The molecule has 0 atom stereocenters. The SMILES string of the molecule is Cc1noc(CN2CCN(CCN)CC2)n1. The van der Waals surface area contributed by atoms with Gasteiger partial charge >= 0.3 is 0 Å². The lowest BCUT2D eigenvalue weighted by molar-refractivity contribution is 0.119. The van der Waals surface area contributed by atoms with Crippen LogP contribution < -0.4 is 5.73 Å². The fourth-order valence-electron chi connectivity index (χ4n) is 1.95. The molecule has 1 fully saturated rings. The average molecular weight is 225 g/mol. The maximum Gasteiger partial charge on any atom is 0.240 e. The van der Waals surface area contributed by atoms with Gasteiger partial charge in [0, 0.05) is 39.3 Å². The largest absolute Gasteiger partial charge is 0.338 e. The number of rotatable bonds is 4. The summed E-state index contributed by atoms with van der Waals surface area (Å²) >= 11 is 0. The Balaban J connectivity index is 1.77. The van der Waals surface area contributed by atoms with Gasteiger partial charge in [0.15, 0.2) is 5.82 Å². The highest BCUT2D eigenvalue weighted by atomic mass is 16.5. The molecule has 0 amide bonds. The molecule has 2 heterocycles. The van der Waals surface area contributed by atoms with E-state index >= 15 is 0 Å². The number of nitrogens with zero attached hydrogens (tertiary/aromatic N) is 4. The number of piperazine rings is 1. The van der Waals surface area contributed by atoms with E-state index in [0.29, 0.717) is 11.7 Å². The van der Waals surface area contributed by atoms with Gasteiger partial charge in [0.05, 0.1) is 6.54 Å². The molecule has 1 aliphatic heterocycles. The van der Waals surface area contributed by atoms with E-state index in [1.54, 1.807) is 0 Å². The first-order chi connectivity index (χ1) is 7.78. The van der Waals surface area contributed by atoms with Gasteiger partial charge in [0.2, 0.25) is 5.89 Å². The van der Waals surface area contributed by atoms with Crippen LogP contribution in [0.25, 0.3) is 0 Å². The summed E-state index contributed by atoms with van der Waals surface area (Å²) in [5.74, 6) is 1.42. The quantitative estimate of drug-likeness (QED) is 0.741. The van der Waals surface area contributed by atoms with E-state index in [4.69, 9.17) is 10.3 Å². The van der Waals surface area contributed by atoms with Crippen LogP contribution in [0.1, 0.15) is 11.7 Å². The molecule has 0 radical (unpaired) electrons. The molecule has 1 aromatic rings. The van der Waals surface area contributed by atoms with Crippen molar-refractivity contribution in [3.05, 3.63) is 11.7 Å². The lowest BCUT2D eigenvalue weighted by Crippen LogP contribution is -2.47. The Morgan fingerprint density at radius 1 is 1.25 bits per heavy atom. The molecule has 6 nitrogen and oxygen atoms in total. The third-order valence-electron chi connectivity index (χ3n) is 2.84. The Labute approximate surface area is 95.4 Å². The first kappa shape index (κ1) is 11.5. The van der Waals surface area contributed by atoms with Gasteiger partial charge in [-0.2, -0.15) is 4.98 Å². The molecule has 1 saturated heterocycles. The van der Waals surface area contributed by atoms with Crippen molar-refractivity contribution in [3.8, 4) is 0 Å². The number of nitrogens with two attached hydrogens (primary N) is 1. The first-order valence-electron chi connectivity index (χ1n) is 5.72. The Hall–Kier alpha value is -0.980. The van der Waals surface area contributed by atoms with Crippen LogP contribution in [0.4, 0.5) is 0 Å². The van der Waals surface area contributed by atoms with Crippen molar-refractivity contribution in [2.75, 3.05) is 39.3 Å². The first-order valence-corrected chi connectivity index (χ1v) is 5.72. The Morgan fingerprint density at radius 3 is 2.50 bits per heavy atom. The minimum atomic E-state index is 0.705. The minimum absolute atomic E-state index is 0.705. The van der Waals surface area contributed by atoms with Crippen LogP contribution in [0, 0.1) is 6.92 Å². The molecular weight excluding hydrogens is 206 g/mol. The van der Waals surface area contributed by atoms with Gasteiger partial charge in [0.1, 0.15) is 0 Å². The molecule has 6 heteroatoms.